The van der Waals surface area contributed by atoms with E-state index in [0.29, 0.717) is 12.8 Å². The molecule has 8 heteroatoms. The summed E-state index contributed by atoms with van der Waals surface area (Å²) >= 11 is 1.29. The number of nitrogens with one attached hydrogen (secondary N) is 1. The molecule has 1 aromatic heterocycles. The summed E-state index contributed by atoms with van der Waals surface area (Å²) in [7, 11) is -1.28. The van der Waals surface area contributed by atoms with E-state index in [1.54, 1.807) is 12.4 Å². The molecule has 1 aliphatic rings. The van der Waals surface area contributed by atoms with Crippen LogP contribution in [0.15, 0.2) is 17.6 Å². The van der Waals surface area contributed by atoms with Crippen molar-refractivity contribution in [2.45, 2.75) is 23.4 Å². The Balaban J connectivity index is 1.85. The first-order chi connectivity index (χ1) is 8.49. The average Bonchev–Trinajstić information content (AvgIpc) is 2.83. The first-order valence-corrected chi connectivity index (χ1v) is 8.30. The number of hydrogen-bond acceptors (Lipinski definition) is 5. The van der Waals surface area contributed by atoms with E-state index >= 15 is 0 Å². The molecule has 0 saturated carbocycles. The van der Waals surface area contributed by atoms with Gasteiger partial charge in [-0.25, -0.2) is 13.4 Å². The van der Waals surface area contributed by atoms with Crippen molar-refractivity contribution in [2.75, 3.05) is 11.5 Å². The van der Waals surface area contributed by atoms with Crippen molar-refractivity contribution in [1.82, 2.24) is 14.9 Å². The number of sulfone groups is 1. The zero-order valence-electron chi connectivity index (χ0n) is 10.00. The fourth-order valence-corrected chi connectivity index (χ4v) is 4.23. The number of amides is 1. The van der Waals surface area contributed by atoms with Gasteiger partial charge in [-0.2, -0.15) is 0 Å². The van der Waals surface area contributed by atoms with Gasteiger partial charge in [-0.05, 0) is 12.8 Å². The molecule has 1 amide bonds. The molecule has 0 aliphatic carbocycles. The Labute approximate surface area is 110 Å². The van der Waals surface area contributed by atoms with E-state index in [9.17, 15) is 13.2 Å². The number of aryl methyl sites for hydroxylation is 1. The summed E-state index contributed by atoms with van der Waals surface area (Å²) in [6, 6.07) is 0. The predicted molar refractivity (Wildman–Crippen MR) is 68.9 cm³/mol. The molecule has 1 aliphatic heterocycles. The summed E-state index contributed by atoms with van der Waals surface area (Å²) in [6.07, 6.45) is 4.59. The van der Waals surface area contributed by atoms with Crippen LogP contribution in [0.3, 0.4) is 0 Å². The molecular formula is C10H15N3O3S2. The minimum absolute atomic E-state index is 0.171. The summed E-state index contributed by atoms with van der Waals surface area (Å²) in [6.45, 7) is 0. The van der Waals surface area contributed by atoms with Crippen LogP contribution in [0, 0.1) is 0 Å². The molecule has 2 heterocycles. The number of imidazole rings is 1. The lowest BCUT2D eigenvalue weighted by Crippen LogP contribution is -2.39. The van der Waals surface area contributed by atoms with Gasteiger partial charge >= 0.3 is 0 Å². The van der Waals surface area contributed by atoms with Gasteiger partial charge in [0.05, 0.1) is 11.5 Å². The van der Waals surface area contributed by atoms with Gasteiger partial charge < -0.3 is 9.88 Å². The summed E-state index contributed by atoms with van der Waals surface area (Å²) in [4.78, 5) is 15.7. The lowest BCUT2D eigenvalue weighted by molar-refractivity contribution is -0.118. The van der Waals surface area contributed by atoms with Crippen LogP contribution in [-0.2, 0) is 21.7 Å². The molecule has 0 aromatic carbocycles. The number of hydrogen-bond donors (Lipinski definition) is 1. The number of thioether (sulfide) groups is 1. The number of aromatic nitrogens is 2. The fourth-order valence-electron chi connectivity index (χ4n) is 1.80. The van der Waals surface area contributed by atoms with Crippen molar-refractivity contribution < 1.29 is 13.2 Å². The van der Waals surface area contributed by atoms with E-state index in [4.69, 9.17) is 0 Å². The van der Waals surface area contributed by atoms with E-state index < -0.39 is 15.2 Å². The molecule has 6 nitrogen and oxygen atoms in total. The largest absolute Gasteiger partial charge is 0.339 e. The lowest BCUT2D eigenvalue weighted by Gasteiger charge is -2.11. The molecule has 18 heavy (non-hydrogen) atoms. The third-order valence-electron chi connectivity index (χ3n) is 2.76. The molecule has 1 saturated heterocycles. The van der Waals surface area contributed by atoms with E-state index in [1.807, 2.05) is 11.6 Å². The number of carbonyl (C=O) groups excluding carboxylic acids is 1. The van der Waals surface area contributed by atoms with E-state index in [-0.39, 0.29) is 17.4 Å². The minimum atomic E-state index is -3.12. The topological polar surface area (TPSA) is 81.1 Å². The number of carbonyl (C=O) groups is 1. The summed E-state index contributed by atoms with van der Waals surface area (Å²) < 4.78 is 24.9. The fraction of sp³-hybridized carbons (Fsp3) is 0.600. The zero-order valence-corrected chi connectivity index (χ0v) is 11.6. The van der Waals surface area contributed by atoms with Crippen molar-refractivity contribution in [1.29, 1.82) is 0 Å². The number of nitrogens with zero attached hydrogens (tertiary/aromatic N) is 2. The number of rotatable bonds is 4. The Morgan fingerprint density at radius 1 is 1.67 bits per heavy atom. The Morgan fingerprint density at radius 2 is 2.44 bits per heavy atom. The molecule has 1 aromatic rings. The predicted octanol–water partition coefficient (Wildman–Crippen LogP) is 0.163. The van der Waals surface area contributed by atoms with Gasteiger partial charge in [0.15, 0.2) is 15.0 Å². The van der Waals surface area contributed by atoms with Gasteiger partial charge in [-0.15, -0.1) is 0 Å². The van der Waals surface area contributed by atoms with Crippen LogP contribution in [0.1, 0.15) is 12.8 Å². The van der Waals surface area contributed by atoms with Gasteiger partial charge in [-0.1, -0.05) is 11.8 Å². The quantitative estimate of drug-likeness (QED) is 0.799. The Kier molecular flexibility index (Phi) is 3.96. The highest BCUT2D eigenvalue weighted by Gasteiger charge is 2.32. The summed E-state index contributed by atoms with van der Waals surface area (Å²) in [5.74, 6) is 0.0832. The monoisotopic (exact) mass is 289 g/mol. The van der Waals surface area contributed by atoms with Crippen LogP contribution in [0.4, 0.5) is 0 Å². The van der Waals surface area contributed by atoms with Crippen LogP contribution >= 0.6 is 11.8 Å². The molecule has 0 spiro atoms. The van der Waals surface area contributed by atoms with Crippen molar-refractivity contribution in [3.63, 3.8) is 0 Å². The van der Waals surface area contributed by atoms with Crippen LogP contribution < -0.4 is 5.32 Å². The third-order valence-corrected chi connectivity index (χ3v) is 5.90. The van der Waals surface area contributed by atoms with Crippen molar-refractivity contribution >= 4 is 27.5 Å². The highest BCUT2D eigenvalue weighted by molar-refractivity contribution is 7.99. The molecule has 1 fully saturated rings. The highest BCUT2D eigenvalue weighted by Crippen LogP contribution is 2.18. The van der Waals surface area contributed by atoms with E-state index in [0.717, 1.165) is 5.16 Å². The zero-order chi connectivity index (χ0) is 13.2. The first-order valence-electron chi connectivity index (χ1n) is 5.60. The molecule has 0 bridgehead atoms. The Bertz CT molecular complexity index is 538. The Morgan fingerprint density at radius 3 is 3.00 bits per heavy atom. The van der Waals surface area contributed by atoms with Gasteiger partial charge in [-0.3, -0.25) is 4.79 Å². The van der Waals surface area contributed by atoms with E-state index in [1.165, 1.54) is 11.8 Å². The summed E-state index contributed by atoms with van der Waals surface area (Å²) in [5.41, 5.74) is 0. The normalized spacial score (nSPS) is 21.9. The molecule has 2 rings (SSSR count). The first kappa shape index (κ1) is 13.4. The second-order valence-corrected chi connectivity index (χ2v) is 7.42. The third kappa shape index (κ3) is 3.05. The maximum Gasteiger partial charge on any atom is 0.231 e. The molecule has 0 radical (unpaired) electrons. The van der Waals surface area contributed by atoms with Crippen molar-refractivity contribution in [3.8, 4) is 0 Å². The van der Waals surface area contributed by atoms with Gasteiger partial charge in [0.2, 0.25) is 5.91 Å². The molecule has 1 unspecified atom stereocenters. The maximum atomic E-state index is 11.7. The highest BCUT2D eigenvalue weighted by atomic mass is 32.2. The molecular weight excluding hydrogens is 274 g/mol. The second-order valence-electron chi connectivity index (χ2n) is 4.17. The van der Waals surface area contributed by atoms with E-state index in [2.05, 4.69) is 10.3 Å². The van der Waals surface area contributed by atoms with Crippen LogP contribution in [-0.4, -0.2) is 40.8 Å². The SMILES string of the molecule is Cn1ccnc1SCC(=O)NC1CCCS1(=O)=O. The van der Waals surface area contributed by atoms with Gasteiger partial charge in [0.1, 0.15) is 5.37 Å². The standard InChI is InChI=1S/C10H15N3O3S2/c1-13-5-4-11-10(13)17-7-8(14)12-9-3-2-6-18(9,15)16/h4-5,9H,2-3,6-7H2,1H3,(H,12,14). The summed E-state index contributed by atoms with van der Waals surface area (Å²) in [5, 5.41) is 2.60. The van der Waals surface area contributed by atoms with Crippen LogP contribution in [0.2, 0.25) is 0 Å². The molecule has 100 valence electrons. The van der Waals surface area contributed by atoms with Crippen molar-refractivity contribution in [2.24, 2.45) is 7.05 Å². The van der Waals surface area contributed by atoms with Crippen LogP contribution in [0.5, 0.6) is 0 Å². The van der Waals surface area contributed by atoms with Gasteiger partial charge in [0.25, 0.3) is 0 Å². The second kappa shape index (κ2) is 5.31. The van der Waals surface area contributed by atoms with Gasteiger partial charge in [0, 0.05) is 19.4 Å². The minimum Gasteiger partial charge on any atom is -0.339 e. The smallest absolute Gasteiger partial charge is 0.231 e. The van der Waals surface area contributed by atoms with Crippen LogP contribution in [0.25, 0.3) is 0 Å². The molecule has 1 N–H and O–H groups in total. The van der Waals surface area contributed by atoms with Crippen molar-refractivity contribution in [3.05, 3.63) is 12.4 Å². The average molecular weight is 289 g/mol. The lowest BCUT2D eigenvalue weighted by atomic mass is 10.3. The molecule has 1 atom stereocenters. The Hall–Kier alpha value is -1.02. The maximum absolute atomic E-state index is 11.7.